The first-order chi connectivity index (χ1) is 7.68. The van der Waals surface area contributed by atoms with Crippen molar-refractivity contribution in [1.82, 2.24) is 10.2 Å². The summed E-state index contributed by atoms with van der Waals surface area (Å²) in [5.74, 6) is 0.535. The van der Waals surface area contributed by atoms with Gasteiger partial charge < -0.3 is 15.0 Å². The molecule has 1 aliphatic rings. The van der Waals surface area contributed by atoms with E-state index in [1.54, 1.807) is 7.11 Å². The molecule has 0 aliphatic heterocycles. The SMILES string of the molecule is CNC(C#N)(CN(C)CCCOC)C1CC1. The van der Waals surface area contributed by atoms with Crippen molar-refractivity contribution >= 4 is 0 Å². The van der Waals surface area contributed by atoms with E-state index in [-0.39, 0.29) is 5.54 Å². The Bertz CT molecular complexity index is 247. The first-order valence-electron chi connectivity index (χ1n) is 5.96. The van der Waals surface area contributed by atoms with Crippen molar-refractivity contribution in [3.05, 3.63) is 0 Å². The number of methoxy groups -OCH3 is 1. The lowest BCUT2D eigenvalue weighted by molar-refractivity contribution is 0.169. The summed E-state index contributed by atoms with van der Waals surface area (Å²) < 4.78 is 5.03. The van der Waals surface area contributed by atoms with Crippen LogP contribution in [0.15, 0.2) is 0 Å². The van der Waals surface area contributed by atoms with Gasteiger partial charge in [-0.2, -0.15) is 5.26 Å². The van der Waals surface area contributed by atoms with Crippen LogP contribution in [0.25, 0.3) is 0 Å². The molecule has 0 radical (unpaired) electrons. The summed E-state index contributed by atoms with van der Waals surface area (Å²) >= 11 is 0. The summed E-state index contributed by atoms with van der Waals surface area (Å²) in [4.78, 5) is 2.22. The molecule has 0 aromatic rings. The van der Waals surface area contributed by atoms with E-state index in [1.807, 2.05) is 7.05 Å². The fraction of sp³-hybridized carbons (Fsp3) is 0.917. The van der Waals surface area contributed by atoms with Crippen LogP contribution in [0.2, 0.25) is 0 Å². The lowest BCUT2D eigenvalue weighted by Crippen LogP contribution is -2.52. The monoisotopic (exact) mass is 225 g/mol. The van der Waals surface area contributed by atoms with Gasteiger partial charge in [0.2, 0.25) is 0 Å². The van der Waals surface area contributed by atoms with Crippen LogP contribution in [0.1, 0.15) is 19.3 Å². The summed E-state index contributed by atoms with van der Waals surface area (Å²) in [6.45, 7) is 2.56. The molecule has 1 unspecified atom stereocenters. The van der Waals surface area contributed by atoms with Crippen LogP contribution in [-0.2, 0) is 4.74 Å². The van der Waals surface area contributed by atoms with E-state index in [1.165, 1.54) is 12.8 Å². The number of nitrogens with one attached hydrogen (secondary N) is 1. The molecule has 0 bridgehead atoms. The number of likely N-dealkylation sites (N-methyl/N-ethyl adjacent to an activating group) is 2. The number of rotatable bonds is 8. The van der Waals surface area contributed by atoms with Crippen LogP contribution >= 0.6 is 0 Å². The predicted octanol–water partition coefficient (Wildman–Crippen LogP) is 0.846. The van der Waals surface area contributed by atoms with Crippen LogP contribution in [0.5, 0.6) is 0 Å². The zero-order chi connectivity index (χ0) is 12.0. The Hall–Kier alpha value is -0.630. The third kappa shape index (κ3) is 3.44. The summed E-state index contributed by atoms with van der Waals surface area (Å²) in [7, 11) is 5.68. The number of nitriles is 1. The Morgan fingerprint density at radius 3 is 2.69 bits per heavy atom. The Balaban J connectivity index is 2.39. The van der Waals surface area contributed by atoms with Crippen molar-refractivity contribution in [2.45, 2.75) is 24.8 Å². The van der Waals surface area contributed by atoms with Crippen molar-refractivity contribution < 1.29 is 4.74 Å². The largest absolute Gasteiger partial charge is 0.385 e. The van der Waals surface area contributed by atoms with Gasteiger partial charge in [-0.1, -0.05) is 0 Å². The van der Waals surface area contributed by atoms with Crippen molar-refractivity contribution in [3.63, 3.8) is 0 Å². The highest BCUT2D eigenvalue weighted by molar-refractivity contribution is 5.16. The van der Waals surface area contributed by atoms with Crippen LogP contribution in [0, 0.1) is 17.2 Å². The zero-order valence-corrected chi connectivity index (χ0v) is 10.6. The second kappa shape index (κ2) is 6.19. The molecule has 92 valence electrons. The zero-order valence-electron chi connectivity index (χ0n) is 10.6. The lowest BCUT2D eigenvalue weighted by Gasteiger charge is -2.31. The molecule has 0 heterocycles. The molecule has 0 amide bonds. The molecule has 0 aromatic heterocycles. The van der Waals surface area contributed by atoms with E-state index >= 15 is 0 Å². The summed E-state index contributed by atoms with van der Waals surface area (Å²) in [6, 6.07) is 2.46. The maximum absolute atomic E-state index is 9.34. The molecule has 1 saturated carbocycles. The minimum absolute atomic E-state index is 0.345. The first kappa shape index (κ1) is 13.4. The number of hydrogen-bond donors (Lipinski definition) is 1. The third-order valence-electron chi connectivity index (χ3n) is 3.33. The maximum Gasteiger partial charge on any atom is 0.122 e. The van der Waals surface area contributed by atoms with Gasteiger partial charge in [-0.05, 0) is 39.3 Å². The lowest BCUT2D eigenvalue weighted by atomic mass is 9.94. The van der Waals surface area contributed by atoms with E-state index in [9.17, 15) is 5.26 Å². The minimum atomic E-state index is -0.345. The van der Waals surface area contributed by atoms with E-state index < -0.39 is 0 Å². The maximum atomic E-state index is 9.34. The molecular weight excluding hydrogens is 202 g/mol. The minimum Gasteiger partial charge on any atom is -0.385 e. The fourth-order valence-electron chi connectivity index (χ4n) is 2.15. The number of ether oxygens (including phenoxy) is 1. The van der Waals surface area contributed by atoms with E-state index in [4.69, 9.17) is 4.74 Å². The van der Waals surface area contributed by atoms with Crippen LogP contribution < -0.4 is 5.32 Å². The molecule has 1 atom stereocenters. The summed E-state index contributed by atoms with van der Waals surface area (Å²) in [5, 5.41) is 12.6. The molecule has 0 saturated heterocycles. The Morgan fingerprint density at radius 1 is 1.56 bits per heavy atom. The van der Waals surface area contributed by atoms with Gasteiger partial charge in [0.15, 0.2) is 0 Å². The highest BCUT2D eigenvalue weighted by Crippen LogP contribution is 2.39. The third-order valence-corrected chi connectivity index (χ3v) is 3.33. The van der Waals surface area contributed by atoms with Gasteiger partial charge in [0.05, 0.1) is 6.07 Å². The number of nitrogens with zero attached hydrogens (tertiary/aromatic N) is 2. The molecule has 1 fully saturated rings. The van der Waals surface area contributed by atoms with Gasteiger partial charge in [-0.15, -0.1) is 0 Å². The molecule has 0 aromatic carbocycles. The Labute approximate surface area is 98.6 Å². The molecule has 1 rings (SSSR count). The molecular formula is C12H23N3O. The second-order valence-corrected chi connectivity index (χ2v) is 4.69. The van der Waals surface area contributed by atoms with Crippen LogP contribution in [0.4, 0.5) is 0 Å². The van der Waals surface area contributed by atoms with E-state index in [2.05, 4.69) is 23.3 Å². The smallest absolute Gasteiger partial charge is 0.122 e. The highest BCUT2D eigenvalue weighted by atomic mass is 16.5. The topological polar surface area (TPSA) is 48.3 Å². The Morgan fingerprint density at radius 2 is 2.25 bits per heavy atom. The van der Waals surface area contributed by atoms with Crippen molar-refractivity contribution in [2.24, 2.45) is 5.92 Å². The van der Waals surface area contributed by atoms with Gasteiger partial charge >= 0.3 is 0 Å². The molecule has 4 heteroatoms. The molecule has 16 heavy (non-hydrogen) atoms. The van der Waals surface area contributed by atoms with Gasteiger partial charge in [0.25, 0.3) is 0 Å². The van der Waals surface area contributed by atoms with Gasteiger partial charge in [0, 0.05) is 26.8 Å². The predicted molar refractivity (Wildman–Crippen MR) is 64.1 cm³/mol. The summed E-state index contributed by atoms with van der Waals surface area (Å²) in [6.07, 6.45) is 3.38. The van der Waals surface area contributed by atoms with Crippen LogP contribution in [0.3, 0.4) is 0 Å². The van der Waals surface area contributed by atoms with Gasteiger partial charge in [0.1, 0.15) is 5.54 Å². The Kier molecular flexibility index (Phi) is 5.20. The second-order valence-electron chi connectivity index (χ2n) is 4.69. The van der Waals surface area contributed by atoms with Crippen molar-refractivity contribution in [2.75, 3.05) is 40.9 Å². The molecule has 0 spiro atoms. The average molecular weight is 225 g/mol. The summed E-state index contributed by atoms with van der Waals surface area (Å²) in [5.41, 5.74) is -0.345. The van der Waals surface area contributed by atoms with E-state index in [0.717, 1.165) is 26.1 Å². The van der Waals surface area contributed by atoms with Gasteiger partial charge in [-0.25, -0.2) is 0 Å². The standard InChI is InChI=1S/C12H23N3O/c1-14-12(9-13,11-5-6-11)10-15(2)7-4-8-16-3/h11,14H,4-8,10H2,1-3H3. The van der Waals surface area contributed by atoms with E-state index in [0.29, 0.717) is 5.92 Å². The van der Waals surface area contributed by atoms with Gasteiger partial charge in [-0.3, -0.25) is 0 Å². The quantitative estimate of drug-likeness (QED) is 0.622. The van der Waals surface area contributed by atoms with Crippen LogP contribution in [-0.4, -0.2) is 51.3 Å². The number of hydrogen-bond acceptors (Lipinski definition) is 4. The fourth-order valence-corrected chi connectivity index (χ4v) is 2.15. The molecule has 1 aliphatic carbocycles. The first-order valence-corrected chi connectivity index (χ1v) is 5.96. The average Bonchev–Trinajstić information content (AvgIpc) is 3.11. The molecule has 1 N–H and O–H groups in total. The normalized spacial score (nSPS) is 19.4. The van der Waals surface area contributed by atoms with Crippen molar-refractivity contribution in [1.29, 1.82) is 5.26 Å². The molecule has 4 nitrogen and oxygen atoms in total. The highest BCUT2D eigenvalue weighted by Gasteiger charge is 2.45. The van der Waals surface area contributed by atoms with Crippen molar-refractivity contribution in [3.8, 4) is 6.07 Å².